The molecule has 1 rings (SSSR count). The Morgan fingerprint density at radius 2 is 1.85 bits per heavy atom. The van der Waals surface area contributed by atoms with Crippen LogP contribution in [0.25, 0.3) is 0 Å². The molecule has 2 amide bonds. The maximum atomic E-state index is 11.1. The highest BCUT2D eigenvalue weighted by atomic mass is 32.2. The Morgan fingerprint density at radius 3 is 2.38 bits per heavy atom. The van der Waals surface area contributed by atoms with Crippen molar-refractivity contribution in [2.75, 3.05) is 18.6 Å². The highest BCUT2D eigenvalue weighted by Crippen LogP contribution is 2.06. The van der Waals surface area contributed by atoms with Crippen LogP contribution in [0, 0.1) is 0 Å². The standard InChI is InChI=1S/C9H13NO2S/c1-13-7-3-2-6-10-8(11)4-5-9(10)12/h4-5H,2-3,6-7H2,1H3. The van der Waals surface area contributed by atoms with E-state index in [0.717, 1.165) is 18.6 Å². The van der Waals surface area contributed by atoms with Gasteiger partial charge in [0.2, 0.25) is 0 Å². The Labute approximate surface area is 82.2 Å². The minimum Gasteiger partial charge on any atom is -0.275 e. The zero-order chi connectivity index (χ0) is 9.68. The molecule has 0 fully saturated rings. The number of thioether (sulfide) groups is 1. The molecule has 0 atom stereocenters. The van der Waals surface area contributed by atoms with E-state index in [0.29, 0.717) is 6.54 Å². The third kappa shape index (κ3) is 2.88. The van der Waals surface area contributed by atoms with Gasteiger partial charge in [-0.1, -0.05) is 0 Å². The Morgan fingerprint density at radius 1 is 1.23 bits per heavy atom. The van der Waals surface area contributed by atoms with Gasteiger partial charge in [0.15, 0.2) is 0 Å². The normalized spacial score (nSPS) is 15.9. The highest BCUT2D eigenvalue weighted by Gasteiger charge is 2.21. The van der Waals surface area contributed by atoms with Gasteiger partial charge < -0.3 is 0 Å². The lowest BCUT2D eigenvalue weighted by molar-refractivity contribution is -0.136. The second-order valence-corrected chi connectivity index (χ2v) is 3.85. The third-order valence-electron chi connectivity index (χ3n) is 1.88. The minimum atomic E-state index is -0.172. The molecule has 1 aliphatic heterocycles. The van der Waals surface area contributed by atoms with Crippen molar-refractivity contribution >= 4 is 23.6 Å². The molecule has 0 bridgehead atoms. The van der Waals surface area contributed by atoms with E-state index in [2.05, 4.69) is 0 Å². The van der Waals surface area contributed by atoms with Gasteiger partial charge in [0.1, 0.15) is 0 Å². The number of carbonyl (C=O) groups excluding carboxylic acids is 2. The number of imide groups is 1. The molecule has 1 aliphatic rings. The fourth-order valence-corrected chi connectivity index (χ4v) is 1.66. The summed E-state index contributed by atoms with van der Waals surface area (Å²) in [5.74, 6) is 0.743. The quantitative estimate of drug-likeness (QED) is 0.490. The number of hydrogen-bond acceptors (Lipinski definition) is 3. The van der Waals surface area contributed by atoms with Gasteiger partial charge in [0.05, 0.1) is 0 Å². The molecule has 72 valence electrons. The molecule has 0 aromatic carbocycles. The van der Waals surface area contributed by atoms with Gasteiger partial charge in [-0.25, -0.2) is 0 Å². The van der Waals surface area contributed by atoms with Crippen molar-refractivity contribution < 1.29 is 9.59 Å². The SMILES string of the molecule is CSCCCCN1C(=O)C=CC1=O. The van der Waals surface area contributed by atoms with Gasteiger partial charge in [-0.15, -0.1) is 0 Å². The minimum absolute atomic E-state index is 0.172. The molecule has 0 aromatic heterocycles. The summed E-state index contributed by atoms with van der Waals surface area (Å²) < 4.78 is 0. The Hall–Kier alpha value is -0.770. The molecule has 0 saturated heterocycles. The number of hydrogen-bond donors (Lipinski definition) is 0. The van der Waals surface area contributed by atoms with Crippen LogP contribution >= 0.6 is 11.8 Å². The molecule has 0 aromatic rings. The van der Waals surface area contributed by atoms with Gasteiger partial charge in [0, 0.05) is 18.7 Å². The van der Waals surface area contributed by atoms with E-state index in [1.807, 2.05) is 6.26 Å². The first-order valence-electron chi connectivity index (χ1n) is 4.28. The molecule has 13 heavy (non-hydrogen) atoms. The van der Waals surface area contributed by atoms with E-state index in [1.165, 1.54) is 17.1 Å². The molecule has 1 heterocycles. The van der Waals surface area contributed by atoms with Crippen LogP contribution in [0.1, 0.15) is 12.8 Å². The number of carbonyl (C=O) groups is 2. The summed E-state index contributed by atoms with van der Waals surface area (Å²) in [6, 6.07) is 0. The summed E-state index contributed by atoms with van der Waals surface area (Å²) in [5, 5.41) is 0. The van der Waals surface area contributed by atoms with E-state index in [4.69, 9.17) is 0 Å². The van der Waals surface area contributed by atoms with Crippen molar-refractivity contribution in [3.63, 3.8) is 0 Å². The van der Waals surface area contributed by atoms with Gasteiger partial charge in [-0.2, -0.15) is 11.8 Å². The first-order valence-corrected chi connectivity index (χ1v) is 5.67. The van der Waals surface area contributed by atoms with Crippen molar-refractivity contribution in [1.82, 2.24) is 4.90 Å². The predicted molar refractivity (Wildman–Crippen MR) is 53.5 cm³/mol. The molecule has 0 aliphatic carbocycles. The topological polar surface area (TPSA) is 37.4 Å². The average Bonchev–Trinajstić information content (AvgIpc) is 2.42. The average molecular weight is 199 g/mol. The second kappa shape index (κ2) is 5.07. The van der Waals surface area contributed by atoms with Gasteiger partial charge in [0.25, 0.3) is 11.8 Å². The molecular formula is C9H13NO2S. The summed E-state index contributed by atoms with van der Waals surface area (Å²) in [4.78, 5) is 23.4. The molecule has 0 spiro atoms. The molecule has 3 nitrogen and oxygen atoms in total. The van der Waals surface area contributed by atoms with Crippen LogP contribution in [0.5, 0.6) is 0 Å². The zero-order valence-electron chi connectivity index (χ0n) is 7.66. The Kier molecular flexibility index (Phi) is 4.02. The summed E-state index contributed by atoms with van der Waals surface area (Å²) in [6.07, 6.45) is 6.67. The van der Waals surface area contributed by atoms with Crippen LogP contribution in [0.15, 0.2) is 12.2 Å². The van der Waals surface area contributed by atoms with E-state index in [1.54, 1.807) is 11.8 Å². The van der Waals surface area contributed by atoms with Crippen LogP contribution < -0.4 is 0 Å². The third-order valence-corrected chi connectivity index (χ3v) is 2.58. The van der Waals surface area contributed by atoms with Gasteiger partial charge in [-0.3, -0.25) is 14.5 Å². The lowest BCUT2D eigenvalue weighted by Gasteiger charge is -2.12. The van der Waals surface area contributed by atoms with Crippen molar-refractivity contribution in [1.29, 1.82) is 0 Å². The number of unbranched alkanes of at least 4 members (excludes halogenated alkanes) is 1. The van der Waals surface area contributed by atoms with E-state index >= 15 is 0 Å². The summed E-state index contributed by atoms with van der Waals surface area (Å²) in [6.45, 7) is 0.561. The number of amides is 2. The number of rotatable bonds is 5. The fraction of sp³-hybridized carbons (Fsp3) is 0.556. The monoisotopic (exact) mass is 199 g/mol. The predicted octanol–water partition coefficient (Wildman–Crippen LogP) is 1.05. The van der Waals surface area contributed by atoms with Crippen molar-refractivity contribution in [3.8, 4) is 0 Å². The van der Waals surface area contributed by atoms with Crippen LogP contribution in [-0.2, 0) is 9.59 Å². The maximum Gasteiger partial charge on any atom is 0.253 e. The lowest BCUT2D eigenvalue weighted by atomic mass is 10.3. The van der Waals surface area contributed by atoms with Gasteiger partial charge >= 0.3 is 0 Å². The Balaban J connectivity index is 2.22. The second-order valence-electron chi connectivity index (χ2n) is 2.86. The first-order chi connectivity index (χ1) is 6.25. The van der Waals surface area contributed by atoms with E-state index in [-0.39, 0.29) is 11.8 Å². The van der Waals surface area contributed by atoms with Crippen molar-refractivity contribution in [3.05, 3.63) is 12.2 Å². The van der Waals surface area contributed by atoms with E-state index < -0.39 is 0 Å². The van der Waals surface area contributed by atoms with E-state index in [9.17, 15) is 9.59 Å². The molecular weight excluding hydrogens is 186 g/mol. The zero-order valence-corrected chi connectivity index (χ0v) is 8.47. The summed E-state index contributed by atoms with van der Waals surface area (Å²) >= 11 is 1.78. The van der Waals surface area contributed by atoms with Gasteiger partial charge in [-0.05, 0) is 24.9 Å². The van der Waals surface area contributed by atoms with Crippen LogP contribution in [0.2, 0.25) is 0 Å². The maximum absolute atomic E-state index is 11.1. The highest BCUT2D eigenvalue weighted by molar-refractivity contribution is 7.98. The molecule has 4 heteroatoms. The smallest absolute Gasteiger partial charge is 0.253 e. The number of nitrogens with zero attached hydrogens (tertiary/aromatic N) is 1. The molecule has 0 radical (unpaired) electrons. The first kappa shape index (κ1) is 10.3. The van der Waals surface area contributed by atoms with Crippen molar-refractivity contribution in [2.45, 2.75) is 12.8 Å². The molecule has 0 saturated carbocycles. The van der Waals surface area contributed by atoms with Crippen LogP contribution in [0.3, 0.4) is 0 Å². The Bertz CT molecular complexity index is 220. The van der Waals surface area contributed by atoms with Crippen molar-refractivity contribution in [2.24, 2.45) is 0 Å². The molecule has 0 unspecified atom stereocenters. The largest absolute Gasteiger partial charge is 0.275 e. The summed E-state index contributed by atoms with van der Waals surface area (Å²) in [5.41, 5.74) is 0. The van der Waals surface area contributed by atoms with Crippen LogP contribution in [0.4, 0.5) is 0 Å². The fourth-order valence-electron chi connectivity index (χ4n) is 1.17. The summed E-state index contributed by atoms with van der Waals surface area (Å²) in [7, 11) is 0. The lowest BCUT2D eigenvalue weighted by Crippen LogP contribution is -2.30. The molecule has 0 N–H and O–H groups in total. The van der Waals surface area contributed by atoms with Crippen LogP contribution in [-0.4, -0.2) is 35.3 Å².